The van der Waals surface area contributed by atoms with E-state index >= 15 is 0 Å². The van der Waals surface area contributed by atoms with Crippen molar-refractivity contribution in [1.29, 1.82) is 5.26 Å². The first-order valence-corrected chi connectivity index (χ1v) is 3.73. The average molecular weight is 180 g/mol. The summed E-state index contributed by atoms with van der Waals surface area (Å²) in [5.41, 5.74) is 0.00606. The molecule has 1 aliphatic heterocycles. The summed E-state index contributed by atoms with van der Waals surface area (Å²) in [6, 6.07) is 1.86. The molecular formula is C8H8N2O3. The van der Waals surface area contributed by atoms with E-state index in [1.807, 2.05) is 11.4 Å². The van der Waals surface area contributed by atoms with E-state index in [9.17, 15) is 9.59 Å². The van der Waals surface area contributed by atoms with Gasteiger partial charge in [-0.2, -0.15) is 5.26 Å². The maximum Gasteiger partial charge on any atom is 0.293 e. The number of nitriles is 1. The second-order valence-corrected chi connectivity index (χ2v) is 2.81. The number of hydrogen-bond acceptors (Lipinski definition) is 4. The number of imide groups is 1. The molecule has 0 saturated heterocycles. The summed E-state index contributed by atoms with van der Waals surface area (Å²) in [6.45, 7) is 1.60. The molecule has 1 aliphatic rings. The number of carbonyl (C=O) groups excluding carboxylic acids is 2. The quantitative estimate of drug-likeness (QED) is 0.585. The van der Waals surface area contributed by atoms with Gasteiger partial charge >= 0.3 is 0 Å². The van der Waals surface area contributed by atoms with Crippen molar-refractivity contribution in [2.45, 2.75) is 13.3 Å². The zero-order valence-electron chi connectivity index (χ0n) is 7.00. The SMILES string of the molecule is CC(CC#N)C1=C(O)C(=O)NC1=O. The Morgan fingerprint density at radius 1 is 1.54 bits per heavy atom. The smallest absolute Gasteiger partial charge is 0.293 e. The van der Waals surface area contributed by atoms with Gasteiger partial charge in [0.1, 0.15) is 0 Å². The van der Waals surface area contributed by atoms with Crippen molar-refractivity contribution < 1.29 is 14.7 Å². The van der Waals surface area contributed by atoms with Crippen LogP contribution in [-0.2, 0) is 9.59 Å². The van der Waals surface area contributed by atoms with E-state index in [1.165, 1.54) is 0 Å². The molecule has 1 atom stereocenters. The van der Waals surface area contributed by atoms with E-state index in [1.54, 1.807) is 6.92 Å². The molecule has 5 heteroatoms. The Morgan fingerprint density at radius 2 is 2.15 bits per heavy atom. The first kappa shape index (κ1) is 9.26. The zero-order valence-corrected chi connectivity index (χ0v) is 7.00. The highest BCUT2D eigenvalue weighted by atomic mass is 16.3. The second-order valence-electron chi connectivity index (χ2n) is 2.81. The molecule has 0 bridgehead atoms. The van der Waals surface area contributed by atoms with Gasteiger partial charge in [0.05, 0.1) is 11.6 Å². The Hall–Kier alpha value is -1.83. The fraction of sp³-hybridized carbons (Fsp3) is 0.375. The van der Waals surface area contributed by atoms with E-state index in [0.717, 1.165) is 0 Å². The van der Waals surface area contributed by atoms with Crippen LogP contribution in [0.3, 0.4) is 0 Å². The Morgan fingerprint density at radius 3 is 2.54 bits per heavy atom. The summed E-state index contributed by atoms with van der Waals surface area (Å²) < 4.78 is 0. The maximum atomic E-state index is 11.1. The largest absolute Gasteiger partial charge is 0.503 e. The van der Waals surface area contributed by atoms with E-state index in [-0.39, 0.29) is 12.0 Å². The van der Waals surface area contributed by atoms with Crippen molar-refractivity contribution in [3.63, 3.8) is 0 Å². The summed E-state index contributed by atoms with van der Waals surface area (Å²) >= 11 is 0. The highest BCUT2D eigenvalue weighted by molar-refractivity contribution is 6.18. The third-order valence-electron chi connectivity index (χ3n) is 1.83. The maximum absolute atomic E-state index is 11.1. The van der Waals surface area contributed by atoms with Crippen molar-refractivity contribution in [2.75, 3.05) is 0 Å². The molecule has 2 N–H and O–H groups in total. The fourth-order valence-electron chi connectivity index (χ4n) is 1.16. The molecular weight excluding hydrogens is 172 g/mol. The molecule has 13 heavy (non-hydrogen) atoms. The molecule has 0 aromatic rings. The van der Waals surface area contributed by atoms with E-state index in [0.29, 0.717) is 0 Å². The van der Waals surface area contributed by atoms with Gasteiger partial charge in [0, 0.05) is 12.3 Å². The molecule has 0 aliphatic carbocycles. The summed E-state index contributed by atoms with van der Waals surface area (Å²) in [4.78, 5) is 21.8. The van der Waals surface area contributed by atoms with Gasteiger partial charge in [0.2, 0.25) is 0 Å². The summed E-state index contributed by atoms with van der Waals surface area (Å²) in [5, 5.41) is 19.5. The highest BCUT2D eigenvalue weighted by Gasteiger charge is 2.33. The molecule has 1 unspecified atom stereocenters. The van der Waals surface area contributed by atoms with Crippen molar-refractivity contribution in [3.8, 4) is 6.07 Å². The molecule has 0 saturated carbocycles. The monoisotopic (exact) mass is 180 g/mol. The third-order valence-corrected chi connectivity index (χ3v) is 1.83. The topological polar surface area (TPSA) is 90.2 Å². The lowest BCUT2D eigenvalue weighted by Gasteiger charge is -2.04. The molecule has 68 valence electrons. The van der Waals surface area contributed by atoms with E-state index in [4.69, 9.17) is 10.4 Å². The number of aliphatic hydroxyl groups excluding tert-OH is 1. The van der Waals surface area contributed by atoms with Crippen LogP contribution >= 0.6 is 0 Å². The van der Waals surface area contributed by atoms with Crippen molar-refractivity contribution in [1.82, 2.24) is 5.32 Å². The Balaban J connectivity index is 2.96. The molecule has 0 fully saturated rings. The molecule has 2 amide bonds. The van der Waals surface area contributed by atoms with Crippen LogP contribution in [0.4, 0.5) is 0 Å². The van der Waals surface area contributed by atoms with Gasteiger partial charge < -0.3 is 5.11 Å². The van der Waals surface area contributed by atoms with Crippen LogP contribution in [0.5, 0.6) is 0 Å². The lowest BCUT2D eigenvalue weighted by molar-refractivity contribution is -0.125. The predicted octanol–water partition coefficient (Wildman–Crippen LogP) is 0.00468. The van der Waals surface area contributed by atoms with Gasteiger partial charge in [-0.3, -0.25) is 14.9 Å². The standard InChI is InChI=1S/C8H8N2O3/c1-4(2-3-9)5-6(11)8(13)10-7(5)12/h4H,2H2,1H3,(H2,10,11,12,13). The average Bonchev–Trinajstić information content (AvgIpc) is 2.27. The number of amides is 2. The van der Waals surface area contributed by atoms with Gasteiger partial charge in [0.25, 0.3) is 11.8 Å². The highest BCUT2D eigenvalue weighted by Crippen LogP contribution is 2.21. The van der Waals surface area contributed by atoms with Crippen LogP contribution in [0, 0.1) is 17.2 Å². The third kappa shape index (κ3) is 1.51. The number of hydrogen-bond donors (Lipinski definition) is 2. The van der Waals surface area contributed by atoms with Crippen molar-refractivity contribution in [2.24, 2.45) is 5.92 Å². The Kier molecular flexibility index (Phi) is 2.33. The van der Waals surface area contributed by atoms with Crippen LogP contribution in [-0.4, -0.2) is 16.9 Å². The lowest BCUT2D eigenvalue weighted by atomic mass is 9.98. The minimum Gasteiger partial charge on any atom is -0.503 e. The molecule has 5 nitrogen and oxygen atoms in total. The Labute approximate surface area is 74.7 Å². The normalized spacial score (nSPS) is 18.5. The number of nitrogens with one attached hydrogen (secondary N) is 1. The molecule has 0 spiro atoms. The minimum atomic E-state index is -0.787. The van der Waals surface area contributed by atoms with Gasteiger partial charge in [-0.25, -0.2) is 0 Å². The van der Waals surface area contributed by atoms with Crippen LogP contribution in [0.15, 0.2) is 11.3 Å². The minimum absolute atomic E-state index is 0.00606. The summed E-state index contributed by atoms with van der Waals surface area (Å²) in [7, 11) is 0. The zero-order chi connectivity index (χ0) is 10.0. The fourth-order valence-corrected chi connectivity index (χ4v) is 1.16. The first-order valence-electron chi connectivity index (χ1n) is 3.73. The van der Waals surface area contributed by atoms with Gasteiger partial charge in [-0.1, -0.05) is 6.92 Å². The predicted molar refractivity (Wildman–Crippen MR) is 42.2 cm³/mol. The van der Waals surface area contributed by atoms with Gasteiger partial charge in [-0.05, 0) is 0 Å². The molecule has 1 rings (SSSR count). The number of rotatable bonds is 2. The molecule has 0 aromatic heterocycles. The van der Waals surface area contributed by atoms with E-state index in [2.05, 4.69) is 0 Å². The van der Waals surface area contributed by atoms with Crippen LogP contribution in [0.2, 0.25) is 0 Å². The van der Waals surface area contributed by atoms with Crippen LogP contribution in [0.25, 0.3) is 0 Å². The number of aliphatic hydroxyl groups is 1. The summed E-state index contributed by atoms with van der Waals surface area (Å²) in [5.74, 6) is -2.38. The molecule has 0 radical (unpaired) electrons. The molecule has 1 heterocycles. The summed E-state index contributed by atoms with van der Waals surface area (Å²) in [6.07, 6.45) is 0.0973. The first-order chi connectivity index (χ1) is 6.07. The second kappa shape index (κ2) is 3.27. The van der Waals surface area contributed by atoms with Gasteiger partial charge in [-0.15, -0.1) is 0 Å². The van der Waals surface area contributed by atoms with E-state index < -0.39 is 23.5 Å². The van der Waals surface area contributed by atoms with Crippen molar-refractivity contribution >= 4 is 11.8 Å². The lowest BCUT2D eigenvalue weighted by Crippen LogP contribution is -2.24. The van der Waals surface area contributed by atoms with Crippen LogP contribution < -0.4 is 5.32 Å². The molecule has 0 aromatic carbocycles. The number of nitrogens with zero attached hydrogens (tertiary/aromatic N) is 1. The van der Waals surface area contributed by atoms with Gasteiger partial charge in [0.15, 0.2) is 5.76 Å². The van der Waals surface area contributed by atoms with Crippen LogP contribution in [0.1, 0.15) is 13.3 Å². The van der Waals surface area contributed by atoms with Crippen molar-refractivity contribution in [3.05, 3.63) is 11.3 Å². The Bertz CT molecular complexity index is 338. The number of carbonyl (C=O) groups is 2.